The summed E-state index contributed by atoms with van der Waals surface area (Å²) in [5.41, 5.74) is 0.302. The highest BCUT2D eigenvalue weighted by Crippen LogP contribution is 2.53. The van der Waals surface area contributed by atoms with Gasteiger partial charge in [-0.25, -0.2) is 9.69 Å². The molecule has 1 saturated heterocycles. The van der Waals surface area contributed by atoms with Crippen LogP contribution in [0.15, 0.2) is 59.2 Å². The second-order valence-electron chi connectivity index (χ2n) is 6.85. The van der Waals surface area contributed by atoms with Crippen LogP contribution in [0.3, 0.4) is 0 Å². The first-order valence-corrected chi connectivity index (χ1v) is 8.56. The van der Waals surface area contributed by atoms with Gasteiger partial charge in [0.1, 0.15) is 0 Å². The molecule has 4 unspecified atom stereocenters. The monoisotopic (exact) mass is 349 g/mol. The summed E-state index contributed by atoms with van der Waals surface area (Å²) in [7, 11) is 0. The topological polar surface area (TPSA) is 76.8 Å². The number of rotatable bonds is 3. The number of hydrogen-bond donors (Lipinski definition) is 0. The third-order valence-electron chi connectivity index (χ3n) is 5.50. The molecular weight excluding hydrogens is 334 g/mol. The number of benzene rings is 1. The predicted octanol–water partition coefficient (Wildman–Crippen LogP) is 2.81. The molecule has 2 aromatic rings. The number of carbonyl (C=O) groups excluding carboxylic acids is 3. The molecule has 4 atom stereocenters. The normalized spacial score (nSPS) is 28.7. The van der Waals surface area contributed by atoms with Crippen molar-refractivity contribution in [3.8, 4) is 5.75 Å². The highest BCUT2D eigenvalue weighted by atomic mass is 16.5. The zero-order valence-corrected chi connectivity index (χ0v) is 13.7. The molecule has 1 aromatic carbocycles. The lowest BCUT2D eigenvalue weighted by Gasteiger charge is -2.19. The van der Waals surface area contributed by atoms with Crippen molar-refractivity contribution in [1.82, 2.24) is 0 Å². The summed E-state index contributed by atoms with van der Waals surface area (Å²) in [5.74, 6) is -1.22. The number of fused-ring (bicyclic) bond motifs is 5. The quantitative estimate of drug-likeness (QED) is 0.369. The minimum atomic E-state index is -0.677. The maximum atomic E-state index is 13.0. The molecule has 2 amide bonds. The summed E-state index contributed by atoms with van der Waals surface area (Å²) in [6.45, 7) is 0. The number of hydrogen-bond acceptors (Lipinski definition) is 5. The van der Waals surface area contributed by atoms with E-state index in [9.17, 15) is 14.4 Å². The molecule has 2 heterocycles. The minimum Gasteiger partial charge on any atom is -0.457 e. The first-order chi connectivity index (χ1) is 12.6. The van der Waals surface area contributed by atoms with Gasteiger partial charge in [-0.05, 0) is 42.5 Å². The Morgan fingerprint density at radius 3 is 2.35 bits per heavy atom. The van der Waals surface area contributed by atoms with Crippen molar-refractivity contribution in [2.45, 2.75) is 6.42 Å². The van der Waals surface area contributed by atoms with E-state index in [1.165, 1.54) is 17.2 Å². The number of furan rings is 1. The molecule has 2 fully saturated rings. The Kier molecular flexibility index (Phi) is 3.16. The lowest BCUT2D eigenvalue weighted by atomic mass is 9.85. The number of para-hydroxylation sites is 2. The van der Waals surface area contributed by atoms with Crippen LogP contribution in [0.5, 0.6) is 5.75 Å². The van der Waals surface area contributed by atoms with Crippen LogP contribution in [-0.4, -0.2) is 17.8 Å². The summed E-state index contributed by atoms with van der Waals surface area (Å²) < 4.78 is 10.4. The number of carbonyl (C=O) groups is 3. The Bertz CT molecular complexity index is 915. The smallest absolute Gasteiger partial charge is 0.379 e. The average Bonchev–Trinajstić information content (AvgIpc) is 3.41. The molecule has 6 heteroatoms. The Balaban J connectivity index is 1.49. The molecule has 3 aliphatic rings. The van der Waals surface area contributed by atoms with Crippen LogP contribution in [0, 0.1) is 23.7 Å². The van der Waals surface area contributed by atoms with E-state index in [2.05, 4.69) is 0 Å². The SMILES string of the molecule is O=C(Oc1ccccc1N1C(=O)C2C3C=CC(C3)C2C1=O)c1ccco1. The van der Waals surface area contributed by atoms with Gasteiger partial charge in [0.05, 0.1) is 23.8 Å². The van der Waals surface area contributed by atoms with E-state index < -0.39 is 5.97 Å². The maximum absolute atomic E-state index is 13.0. The van der Waals surface area contributed by atoms with Gasteiger partial charge in [-0.15, -0.1) is 0 Å². The van der Waals surface area contributed by atoms with Crippen molar-refractivity contribution < 1.29 is 23.5 Å². The summed E-state index contributed by atoms with van der Waals surface area (Å²) in [4.78, 5) is 39.3. The summed E-state index contributed by atoms with van der Waals surface area (Å²) in [6.07, 6.45) is 6.34. The van der Waals surface area contributed by atoms with Gasteiger partial charge in [-0.2, -0.15) is 0 Å². The molecule has 26 heavy (non-hydrogen) atoms. The molecule has 2 bridgehead atoms. The summed E-state index contributed by atoms with van der Waals surface area (Å²) in [6, 6.07) is 9.66. The van der Waals surface area contributed by atoms with Crippen molar-refractivity contribution in [2.24, 2.45) is 23.7 Å². The molecule has 0 radical (unpaired) electrons. The predicted molar refractivity (Wildman–Crippen MR) is 90.3 cm³/mol. The molecule has 1 aliphatic heterocycles. The van der Waals surface area contributed by atoms with Crippen molar-refractivity contribution >= 4 is 23.5 Å². The minimum absolute atomic E-state index is 0.0537. The van der Waals surface area contributed by atoms with Crippen molar-refractivity contribution in [1.29, 1.82) is 0 Å². The van der Waals surface area contributed by atoms with E-state index in [1.54, 1.807) is 30.3 Å². The van der Waals surface area contributed by atoms with Crippen LogP contribution >= 0.6 is 0 Å². The Morgan fingerprint density at radius 1 is 1.00 bits per heavy atom. The van der Waals surface area contributed by atoms with Crippen LogP contribution in [0.25, 0.3) is 0 Å². The number of imide groups is 1. The van der Waals surface area contributed by atoms with Crippen molar-refractivity contribution in [2.75, 3.05) is 4.90 Å². The number of esters is 1. The largest absolute Gasteiger partial charge is 0.457 e. The zero-order chi connectivity index (χ0) is 17.8. The van der Waals surface area contributed by atoms with Gasteiger partial charge in [0.2, 0.25) is 17.6 Å². The Hall–Kier alpha value is -3.15. The number of anilines is 1. The molecule has 5 rings (SSSR count). The zero-order valence-electron chi connectivity index (χ0n) is 13.7. The third-order valence-corrected chi connectivity index (χ3v) is 5.50. The highest BCUT2D eigenvalue weighted by Gasteiger charge is 2.59. The van der Waals surface area contributed by atoms with Gasteiger partial charge in [0, 0.05) is 0 Å². The van der Waals surface area contributed by atoms with Crippen LogP contribution in [-0.2, 0) is 9.59 Å². The molecule has 0 spiro atoms. The van der Waals surface area contributed by atoms with Gasteiger partial charge in [-0.3, -0.25) is 9.59 Å². The molecule has 130 valence electrons. The fourth-order valence-electron chi connectivity index (χ4n) is 4.41. The van der Waals surface area contributed by atoms with E-state index in [0.717, 1.165) is 6.42 Å². The molecule has 1 saturated carbocycles. The van der Waals surface area contributed by atoms with E-state index in [1.807, 2.05) is 12.2 Å². The first kappa shape index (κ1) is 15.1. The van der Waals surface area contributed by atoms with Crippen molar-refractivity contribution in [3.63, 3.8) is 0 Å². The molecule has 6 nitrogen and oxygen atoms in total. The number of ether oxygens (including phenoxy) is 1. The number of allylic oxidation sites excluding steroid dienone is 2. The summed E-state index contributed by atoms with van der Waals surface area (Å²) >= 11 is 0. The summed E-state index contributed by atoms with van der Waals surface area (Å²) in [5, 5.41) is 0. The molecule has 1 aromatic heterocycles. The van der Waals surface area contributed by atoms with E-state index in [-0.39, 0.29) is 47.0 Å². The Labute approximate surface area is 149 Å². The lowest BCUT2D eigenvalue weighted by molar-refractivity contribution is -0.123. The van der Waals surface area contributed by atoms with Gasteiger partial charge < -0.3 is 9.15 Å². The van der Waals surface area contributed by atoms with E-state index >= 15 is 0 Å². The average molecular weight is 349 g/mol. The maximum Gasteiger partial charge on any atom is 0.379 e. The lowest BCUT2D eigenvalue weighted by Crippen LogP contribution is -2.33. The fourth-order valence-corrected chi connectivity index (χ4v) is 4.41. The van der Waals surface area contributed by atoms with Crippen LogP contribution in [0.2, 0.25) is 0 Å². The molecular formula is C20H15NO5. The second-order valence-corrected chi connectivity index (χ2v) is 6.85. The van der Waals surface area contributed by atoms with Crippen LogP contribution in [0.4, 0.5) is 5.69 Å². The standard InChI is InChI=1S/C20H15NO5/c22-18-16-11-7-8-12(10-11)17(16)19(23)21(18)13-4-1-2-5-14(13)26-20(24)15-6-3-9-25-15/h1-9,11-12,16-17H,10H2. The fraction of sp³-hybridized carbons (Fsp3) is 0.250. The Morgan fingerprint density at radius 2 is 1.69 bits per heavy atom. The van der Waals surface area contributed by atoms with Gasteiger partial charge in [0.25, 0.3) is 0 Å². The van der Waals surface area contributed by atoms with Gasteiger partial charge in [0.15, 0.2) is 5.75 Å². The number of nitrogens with zero attached hydrogens (tertiary/aromatic N) is 1. The van der Waals surface area contributed by atoms with Crippen LogP contribution in [0.1, 0.15) is 17.0 Å². The first-order valence-electron chi connectivity index (χ1n) is 8.56. The van der Waals surface area contributed by atoms with Gasteiger partial charge >= 0.3 is 5.97 Å². The molecule has 2 aliphatic carbocycles. The van der Waals surface area contributed by atoms with E-state index in [0.29, 0.717) is 5.69 Å². The highest BCUT2D eigenvalue weighted by molar-refractivity contribution is 6.23. The second kappa shape index (κ2) is 5.42. The van der Waals surface area contributed by atoms with E-state index in [4.69, 9.17) is 9.15 Å². The van der Waals surface area contributed by atoms with Crippen LogP contribution < -0.4 is 9.64 Å². The third kappa shape index (κ3) is 2.02. The number of amides is 2. The van der Waals surface area contributed by atoms with Crippen molar-refractivity contribution in [3.05, 3.63) is 60.6 Å². The van der Waals surface area contributed by atoms with Gasteiger partial charge in [-0.1, -0.05) is 24.3 Å². The molecule has 0 N–H and O–H groups in total.